The molecule has 0 fully saturated rings. The van der Waals surface area contributed by atoms with Crippen molar-refractivity contribution in [2.75, 3.05) is 42.6 Å². The van der Waals surface area contributed by atoms with Crippen LogP contribution in [0.25, 0.3) is 0 Å². The van der Waals surface area contributed by atoms with Crippen LogP contribution >= 0.6 is 8.53 Å². The first-order valence-corrected chi connectivity index (χ1v) is 22.5. The van der Waals surface area contributed by atoms with Crippen molar-refractivity contribution in [1.82, 2.24) is 9.99 Å². The molecule has 0 saturated heterocycles. The molecule has 0 aliphatic carbocycles. The molecule has 2 heterocycles. The number of amides is 3. The van der Waals surface area contributed by atoms with Gasteiger partial charge in [0.15, 0.2) is 5.60 Å². The number of alkyl halides is 3. The van der Waals surface area contributed by atoms with Gasteiger partial charge in [0.05, 0.1) is 42.6 Å². The second-order valence-electron chi connectivity index (χ2n) is 16.1. The van der Waals surface area contributed by atoms with E-state index in [-0.39, 0.29) is 76.3 Å². The number of rotatable bonds is 19. The lowest BCUT2D eigenvalue weighted by Gasteiger charge is -2.38. The Bertz CT molecular complexity index is 2240. The first-order chi connectivity index (χ1) is 29.8. The molecule has 3 aromatic carbocycles. The molecule has 17 heteroatoms. The van der Waals surface area contributed by atoms with Crippen molar-refractivity contribution in [1.29, 1.82) is 5.26 Å². The minimum Gasteiger partial charge on any atom is -0.456 e. The fraction of sp³-hybridized carbons (Fsp3) is 0.500. The number of hydrogen-bond donors (Lipinski definition) is 1. The van der Waals surface area contributed by atoms with Gasteiger partial charge in [-0.2, -0.15) is 18.4 Å². The van der Waals surface area contributed by atoms with E-state index in [1.54, 1.807) is 38.1 Å². The van der Waals surface area contributed by atoms with E-state index in [1.807, 2.05) is 6.92 Å². The molecule has 340 valence electrons. The number of nitrogens with zero attached hydrogens (tertiary/aromatic N) is 4. The zero-order valence-corrected chi connectivity index (χ0v) is 38.3. The number of esters is 1. The zero-order valence-electron chi connectivity index (χ0n) is 37.4. The molecule has 2 aliphatic heterocycles. The number of benzene rings is 3. The lowest BCUT2D eigenvalue weighted by molar-refractivity contribution is -0.170. The Morgan fingerprint density at radius 1 is 0.841 bits per heavy atom. The highest BCUT2D eigenvalue weighted by Crippen LogP contribution is 2.58. The van der Waals surface area contributed by atoms with Gasteiger partial charge in [-0.1, -0.05) is 12.8 Å². The highest BCUT2D eigenvalue weighted by molar-refractivity contribution is 7.44. The summed E-state index contributed by atoms with van der Waals surface area (Å²) < 4.78 is 68.4. The van der Waals surface area contributed by atoms with Crippen molar-refractivity contribution < 1.29 is 50.9 Å². The molecule has 2 aliphatic rings. The van der Waals surface area contributed by atoms with Gasteiger partial charge in [0, 0.05) is 73.0 Å². The van der Waals surface area contributed by atoms with Gasteiger partial charge in [0.25, 0.3) is 14.4 Å². The van der Waals surface area contributed by atoms with E-state index in [9.17, 15) is 32.3 Å². The van der Waals surface area contributed by atoms with E-state index in [4.69, 9.17) is 23.8 Å². The van der Waals surface area contributed by atoms with E-state index < -0.39 is 32.2 Å². The summed E-state index contributed by atoms with van der Waals surface area (Å²) in [5, 5.41) is 11.9. The first-order valence-electron chi connectivity index (χ1n) is 21.3. The molecular formula is C46H57F3N5O8P. The Balaban J connectivity index is 1.41. The van der Waals surface area contributed by atoms with Gasteiger partial charge in [-0.3, -0.25) is 14.4 Å². The summed E-state index contributed by atoms with van der Waals surface area (Å²) in [6.07, 6.45) is -1.70. The summed E-state index contributed by atoms with van der Waals surface area (Å²) in [5.41, 5.74) is 1.11. The summed E-state index contributed by atoms with van der Waals surface area (Å²) in [6, 6.07) is 13.4. The SMILES string of the molecule is CCN(C(C)=O)c1cc2c(cc1C)C1(OC(=O)c3ccc(C(=O)NCCCCCCOP(OCCC#N)N(C(C)C)C(C)C)cc31)c1cc(C)c(N(CC)C(=O)C(F)(F)F)cc1O2. The summed E-state index contributed by atoms with van der Waals surface area (Å²) in [5.74, 6) is -3.16. The van der Waals surface area contributed by atoms with Gasteiger partial charge >= 0.3 is 18.1 Å². The number of ether oxygens (including phenoxy) is 2. The van der Waals surface area contributed by atoms with Gasteiger partial charge < -0.3 is 33.6 Å². The number of unbranched alkanes of at least 4 members (excludes halogenated alkanes) is 3. The second kappa shape index (κ2) is 20.6. The van der Waals surface area contributed by atoms with Crippen LogP contribution in [-0.2, 0) is 29.0 Å². The number of fused-ring (bicyclic) bond motifs is 6. The highest BCUT2D eigenvalue weighted by atomic mass is 31.2. The number of carbonyl (C=O) groups is 4. The predicted octanol–water partition coefficient (Wildman–Crippen LogP) is 9.74. The molecule has 5 rings (SSSR count). The lowest BCUT2D eigenvalue weighted by Crippen LogP contribution is -2.41. The average molecular weight is 896 g/mol. The minimum atomic E-state index is -5.15. The number of nitrogens with one attached hydrogen (secondary N) is 1. The van der Waals surface area contributed by atoms with Gasteiger partial charge in [-0.25, -0.2) is 9.46 Å². The molecule has 0 aromatic heterocycles. The average Bonchev–Trinajstić information content (AvgIpc) is 3.51. The third kappa shape index (κ3) is 10.3. The van der Waals surface area contributed by atoms with Crippen molar-refractivity contribution in [3.63, 3.8) is 0 Å². The fourth-order valence-corrected chi connectivity index (χ4v) is 9.83. The van der Waals surface area contributed by atoms with Crippen LogP contribution in [0.1, 0.15) is 129 Å². The second-order valence-corrected chi connectivity index (χ2v) is 17.5. The topological polar surface area (TPSA) is 151 Å². The molecule has 2 atom stereocenters. The van der Waals surface area contributed by atoms with Gasteiger partial charge in [0.2, 0.25) is 5.91 Å². The first kappa shape index (κ1) is 49.0. The molecule has 1 spiro atoms. The van der Waals surface area contributed by atoms with Crippen LogP contribution in [0.4, 0.5) is 24.5 Å². The Kier molecular flexibility index (Phi) is 16.0. The van der Waals surface area contributed by atoms with Crippen LogP contribution in [0.2, 0.25) is 0 Å². The quantitative estimate of drug-likeness (QED) is 0.0700. The van der Waals surface area contributed by atoms with Crippen molar-refractivity contribution in [2.24, 2.45) is 0 Å². The molecule has 2 unspecified atom stereocenters. The Morgan fingerprint density at radius 2 is 1.41 bits per heavy atom. The monoisotopic (exact) mass is 895 g/mol. The third-order valence-electron chi connectivity index (χ3n) is 11.0. The number of nitriles is 1. The maximum Gasteiger partial charge on any atom is 0.471 e. The van der Waals surface area contributed by atoms with Crippen LogP contribution in [0.3, 0.4) is 0 Å². The summed E-state index contributed by atoms with van der Waals surface area (Å²) in [4.78, 5) is 55.0. The normalized spacial score (nSPS) is 15.7. The van der Waals surface area contributed by atoms with E-state index in [0.29, 0.717) is 60.0 Å². The van der Waals surface area contributed by atoms with Crippen molar-refractivity contribution >= 4 is 43.6 Å². The number of hydrogen-bond acceptors (Lipinski definition) is 10. The Morgan fingerprint density at radius 3 is 1.95 bits per heavy atom. The highest BCUT2D eigenvalue weighted by Gasteiger charge is 2.55. The van der Waals surface area contributed by atoms with Crippen LogP contribution < -0.4 is 19.9 Å². The molecule has 0 radical (unpaired) electrons. The smallest absolute Gasteiger partial charge is 0.456 e. The molecule has 63 heavy (non-hydrogen) atoms. The Labute approximate surface area is 368 Å². The molecule has 3 amide bonds. The van der Waals surface area contributed by atoms with Crippen molar-refractivity contribution in [2.45, 2.75) is 118 Å². The van der Waals surface area contributed by atoms with E-state index in [0.717, 1.165) is 19.3 Å². The molecule has 0 saturated carbocycles. The lowest BCUT2D eigenvalue weighted by atomic mass is 9.76. The van der Waals surface area contributed by atoms with Gasteiger partial charge in [-0.15, -0.1) is 0 Å². The molecule has 1 N–H and O–H groups in total. The molecule has 0 bridgehead atoms. The van der Waals surface area contributed by atoms with Crippen LogP contribution in [-0.4, -0.2) is 79.5 Å². The van der Waals surface area contributed by atoms with Crippen LogP contribution in [0.5, 0.6) is 11.5 Å². The van der Waals surface area contributed by atoms with Gasteiger partial charge in [-0.05, 0) is 110 Å². The number of carbonyl (C=O) groups excluding carboxylic acids is 4. The van der Waals surface area contributed by atoms with Crippen molar-refractivity contribution in [3.8, 4) is 17.6 Å². The van der Waals surface area contributed by atoms with Crippen LogP contribution in [0.15, 0.2) is 42.5 Å². The maximum atomic E-state index is 13.8. The summed E-state index contributed by atoms with van der Waals surface area (Å²) >= 11 is 0. The largest absolute Gasteiger partial charge is 0.471 e. The van der Waals surface area contributed by atoms with E-state index in [2.05, 4.69) is 43.8 Å². The number of halogens is 3. The third-order valence-corrected chi connectivity index (χ3v) is 13.1. The molecule has 3 aromatic rings. The Hall–Kier alpha value is -5.07. The maximum absolute atomic E-state index is 13.8. The number of anilines is 2. The van der Waals surface area contributed by atoms with E-state index >= 15 is 0 Å². The summed E-state index contributed by atoms with van der Waals surface area (Å²) in [7, 11) is -1.32. The standard InChI is InChI=1S/C46H57F3N5O8P/c1-10-52(32(9)55)38-26-40-36(23-30(38)7)45(37-24-31(8)39(27-41(37)61-40)53(11-2)44(58)46(47,48)49)35-25-33(17-18-34(35)43(57)62-45)42(56)51-20-14-12-13-15-21-59-63(60-22-16-19-50)54(28(3)4)29(5)6/h17-18,23-29H,10-16,20-22H2,1-9H3,(H,51,56). The molecular weight excluding hydrogens is 839 g/mol. The van der Waals surface area contributed by atoms with Crippen LogP contribution in [0, 0.1) is 25.2 Å². The van der Waals surface area contributed by atoms with E-state index in [1.165, 1.54) is 36.9 Å². The van der Waals surface area contributed by atoms with Crippen molar-refractivity contribution in [3.05, 3.63) is 81.4 Å². The van der Waals surface area contributed by atoms with Gasteiger partial charge in [0.1, 0.15) is 11.5 Å². The molecule has 13 nitrogen and oxygen atoms in total. The minimum absolute atomic E-state index is 0.0263. The zero-order chi connectivity index (χ0) is 46.4. The predicted molar refractivity (Wildman–Crippen MR) is 234 cm³/mol. The summed E-state index contributed by atoms with van der Waals surface area (Å²) in [6.45, 7) is 17.6. The number of aryl methyl sites for hydroxylation is 2. The fourth-order valence-electron chi connectivity index (χ4n) is 8.20.